The van der Waals surface area contributed by atoms with Gasteiger partial charge in [0.25, 0.3) is 5.91 Å². The number of rotatable bonds is 8. The monoisotopic (exact) mass is 381 g/mol. The Morgan fingerprint density at radius 1 is 1.00 bits per heavy atom. The Labute approximate surface area is 170 Å². The molecule has 0 aliphatic rings. The van der Waals surface area contributed by atoms with E-state index in [1.807, 2.05) is 37.3 Å². The smallest absolute Gasteiger partial charge is 0.261 e. The topological polar surface area (TPSA) is 38.3 Å². The van der Waals surface area contributed by atoms with Gasteiger partial charge in [-0.25, -0.2) is 0 Å². The van der Waals surface area contributed by atoms with E-state index >= 15 is 0 Å². The summed E-state index contributed by atoms with van der Waals surface area (Å²) in [7, 11) is 0. The molecule has 0 saturated carbocycles. The first-order chi connectivity index (χ1) is 13.2. The molecular formula is C25H35NO2. The van der Waals surface area contributed by atoms with Crippen molar-refractivity contribution in [3.63, 3.8) is 0 Å². The van der Waals surface area contributed by atoms with Crippen molar-refractivity contribution in [1.29, 1.82) is 0 Å². The number of hydrogen-bond acceptors (Lipinski definition) is 2. The summed E-state index contributed by atoms with van der Waals surface area (Å²) in [6.45, 7) is 12.9. The summed E-state index contributed by atoms with van der Waals surface area (Å²) in [5, 5.41) is 3.21. The van der Waals surface area contributed by atoms with Crippen molar-refractivity contribution in [3.05, 3.63) is 65.7 Å². The molecule has 0 unspecified atom stereocenters. The molecule has 2 aromatic rings. The average molecular weight is 382 g/mol. The molecule has 0 fully saturated rings. The minimum atomic E-state index is -0.501. The van der Waals surface area contributed by atoms with Crippen LogP contribution in [0.2, 0.25) is 0 Å². The number of amides is 1. The first-order valence-corrected chi connectivity index (χ1v) is 10.3. The maximum atomic E-state index is 12.9. The van der Waals surface area contributed by atoms with Gasteiger partial charge in [-0.15, -0.1) is 0 Å². The highest BCUT2D eigenvalue weighted by Crippen LogP contribution is 2.25. The maximum absolute atomic E-state index is 12.9. The molecule has 0 bridgehead atoms. The lowest BCUT2D eigenvalue weighted by Crippen LogP contribution is -2.40. The number of nitrogens with one attached hydrogen (secondary N) is 1. The number of ether oxygens (including phenoxy) is 1. The Kier molecular flexibility index (Phi) is 7.68. The van der Waals surface area contributed by atoms with E-state index in [0.29, 0.717) is 12.3 Å². The summed E-state index contributed by atoms with van der Waals surface area (Å²) in [5.74, 6) is 1.16. The molecule has 3 heteroatoms. The first-order valence-electron chi connectivity index (χ1n) is 10.3. The molecular weight excluding hydrogens is 346 g/mol. The van der Waals surface area contributed by atoms with Gasteiger partial charge in [-0.05, 0) is 47.4 Å². The zero-order valence-corrected chi connectivity index (χ0v) is 18.2. The summed E-state index contributed by atoms with van der Waals surface area (Å²) in [4.78, 5) is 12.9. The second kappa shape index (κ2) is 9.77. The highest BCUT2D eigenvalue weighted by atomic mass is 16.5. The number of hydrogen-bond donors (Lipinski definition) is 1. The second-order valence-corrected chi connectivity index (χ2v) is 8.89. The van der Waals surface area contributed by atoms with Crippen LogP contribution in [0.25, 0.3) is 0 Å². The molecule has 2 atom stereocenters. The van der Waals surface area contributed by atoms with Crippen molar-refractivity contribution in [2.75, 3.05) is 0 Å². The summed E-state index contributed by atoms with van der Waals surface area (Å²) in [6, 6.07) is 18.2. The third kappa shape index (κ3) is 6.40. The molecule has 0 spiro atoms. The second-order valence-electron chi connectivity index (χ2n) is 8.89. The summed E-state index contributed by atoms with van der Waals surface area (Å²) < 4.78 is 6.02. The summed E-state index contributed by atoms with van der Waals surface area (Å²) >= 11 is 0. The quantitative estimate of drug-likeness (QED) is 0.605. The van der Waals surface area contributed by atoms with Crippen LogP contribution >= 0.6 is 0 Å². The zero-order valence-electron chi connectivity index (χ0n) is 18.2. The van der Waals surface area contributed by atoms with Crippen LogP contribution in [0.15, 0.2) is 54.6 Å². The molecule has 0 aliphatic heterocycles. The number of carbonyl (C=O) groups excluding carboxylic acids is 1. The molecule has 0 aliphatic carbocycles. The van der Waals surface area contributed by atoms with Gasteiger partial charge in [0.05, 0.1) is 6.04 Å². The maximum Gasteiger partial charge on any atom is 0.261 e. The highest BCUT2D eigenvalue weighted by molar-refractivity contribution is 5.81. The van der Waals surface area contributed by atoms with Crippen molar-refractivity contribution >= 4 is 5.91 Å². The van der Waals surface area contributed by atoms with E-state index in [1.165, 1.54) is 5.56 Å². The van der Waals surface area contributed by atoms with Crippen LogP contribution in [0.3, 0.4) is 0 Å². The van der Waals surface area contributed by atoms with E-state index < -0.39 is 6.10 Å². The third-order valence-electron chi connectivity index (χ3n) is 4.89. The largest absolute Gasteiger partial charge is 0.481 e. The van der Waals surface area contributed by atoms with Crippen molar-refractivity contribution in [3.8, 4) is 5.75 Å². The SMILES string of the molecule is CC[C@@H](Oc1ccc(C(C)(C)C)cc1)C(=O)N[C@H](CC(C)C)c1ccccc1. The van der Waals surface area contributed by atoms with Gasteiger partial charge in [-0.3, -0.25) is 4.79 Å². The molecule has 3 nitrogen and oxygen atoms in total. The average Bonchev–Trinajstić information content (AvgIpc) is 2.65. The Bertz CT molecular complexity index is 729. The Morgan fingerprint density at radius 2 is 1.61 bits per heavy atom. The molecule has 2 rings (SSSR count). The molecule has 152 valence electrons. The van der Waals surface area contributed by atoms with Crippen molar-refractivity contribution in [2.24, 2.45) is 5.92 Å². The standard InChI is InChI=1S/C25H35NO2/c1-7-23(28-21-15-13-20(14-16-21)25(4,5)6)24(27)26-22(17-18(2)3)19-11-9-8-10-12-19/h8-16,18,22-23H,7,17H2,1-6H3,(H,26,27)/t22-,23-/m1/s1. The fraction of sp³-hybridized carbons (Fsp3) is 0.480. The fourth-order valence-corrected chi connectivity index (χ4v) is 3.22. The van der Waals surface area contributed by atoms with Crippen molar-refractivity contribution in [1.82, 2.24) is 5.32 Å². The predicted octanol–water partition coefficient (Wildman–Crippen LogP) is 6.05. The zero-order chi connectivity index (χ0) is 20.7. The minimum absolute atomic E-state index is 0.00498. The highest BCUT2D eigenvalue weighted by Gasteiger charge is 2.23. The van der Waals surface area contributed by atoms with Crippen LogP contribution in [0.5, 0.6) is 5.75 Å². The van der Waals surface area contributed by atoms with Gasteiger partial charge in [0.2, 0.25) is 0 Å². The van der Waals surface area contributed by atoms with Gasteiger partial charge in [0, 0.05) is 0 Å². The van der Waals surface area contributed by atoms with Gasteiger partial charge in [-0.1, -0.05) is 84.0 Å². The molecule has 0 saturated heterocycles. The van der Waals surface area contributed by atoms with Crippen LogP contribution in [-0.4, -0.2) is 12.0 Å². The van der Waals surface area contributed by atoms with Gasteiger partial charge in [0.15, 0.2) is 6.10 Å². The van der Waals surface area contributed by atoms with Crippen LogP contribution in [0, 0.1) is 5.92 Å². The lowest BCUT2D eigenvalue weighted by atomic mass is 9.87. The molecule has 28 heavy (non-hydrogen) atoms. The molecule has 0 heterocycles. The van der Waals surface area contributed by atoms with Crippen LogP contribution in [-0.2, 0) is 10.2 Å². The molecule has 1 N–H and O–H groups in total. The Morgan fingerprint density at radius 3 is 2.11 bits per heavy atom. The molecule has 0 aromatic heterocycles. The van der Waals surface area contributed by atoms with Crippen LogP contribution in [0.1, 0.15) is 71.6 Å². The van der Waals surface area contributed by atoms with Crippen molar-refractivity contribution in [2.45, 2.75) is 71.9 Å². The molecule has 0 radical (unpaired) electrons. The van der Waals surface area contributed by atoms with Gasteiger partial charge in [-0.2, -0.15) is 0 Å². The van der Waals surface area contributed by atoms with Crippen LogP contribution < -0.4 is 10.1 Å². The van der Waals surface area contributed by atoms with E-state index in [2.05, 4.69) is 64.2 Å². The first kappa shape index (κ1) is 22.0. The fourth-order valence-electron chi connectivity index (χ4n) is 3.22. The minimum Gasteiger partial charge on any atom is -0.481 e. The van der Waals surface area contributed by atoms with E-state index in [-0.39, 0.29) is 17.4 Å². The lowest BCUT2D eigenvalue weighted by molar-refractivity contribution is -0.129. The van der Waals surface area contributed by atoms with E-state index in [1.54, 1.807) is 0 Å². The van der Waals surface area contributed by atoms with E-state index in [4.69, 9.17) is 4.74 Å². The Hall–Kier alpha value is -2.29. The van der Waals surface area contributed by atoms with Gasteiger partial charge in [0.1, 0.15) is 5.75 Å². The number of carbonyl (C=O) groups is 1. The van der Waals surface area contributed by atoms with E-state index in [0.717, 1.165) is 17.7 Å². The van der Waals surface area contributed by atoms with Gasteiger partial charge >= 0.3 is 0 Å². The third-order valence-corrected chi connectivity index (χ3v) is 4.89. The summed E-state index contributed by atoms with van der Waals surface area (Å²) in [6.07, 6.45) is 1.02. The van der Waals surface area contributed by atoms with Crippen LogP contribution in [0.4, 0.5) is 0 Å². The Balaban J connectivity index is 2.08. The van der Waals surface area contributed by atoms with Gasteiger partial charge < -0.3 is 10.1 Å². The molecule has 2 aromatic carbocycles. The molecule has 1 amide bonds. The lowest BCUT2D eigenvalue weighted by Gasteiger charge is -2.25. The van der Waals surface area contributed by atoms with E-state index in [9.17, 15) is 4.79 Å². The normalized spacial score (nSPS) is 13.8. The predicted molar refractivity (Wildman–Crippen MR) is 117 cm³/mol. The number of benzene rings is 2. The van der Waals surface area contributed by atoms with Crippen molar-refractivity contribution < 1.29 is 9.53 Å². The summed E-state index contributed by atoms with van der Waals surface area (Å²) in [5.41, 5.74) is 2.48.